The molecular formula is C16H10FN3O4S. The van der Waals surface area contributed by atoms with Crippen LogP contribution >= 0.6 is 11.8 Å². The topological polar surface area (TPSA) is 99.1 Å². The molecule has 0 fully saturated rings. The van der Waals surface area contributed by atoms with Gasteiger partial charge in [0.15, 0.2) is 5.78 Å². The molecule has 9 heteroatoms. The Kier molecular flexibility index (Phi) is 4.85. The van der Waals surface area contributed by atoms with Gasteiger partial charge in [-0.15, -0.1) is 10.2 Å². The van der Waals surface area contributed by atoms with Gasteiger partial charge in [0, 0.05) is 23.3 Å². The largest absolute Gasteiger partial charge is 0.411 e. The van der Waals surface area contributed by atoms with Gasteiger partial charge >= 0.3 is 0 Å². The van der Waals surface area contributed by atoms with Crippen molar-refractivity contribution in [3.63, 3.8) is 0 Å². The lowest BCUT2D eigenvalue weighted by molar-refractivity contribution is -0.384. The number of carbonyl (C=O) groups excluding carboxylic acids is 1. The second-order valence-electron chi connectivity index (χ2n) is 4.90. The van der Waals surface area contributed by atoms with E-state index in [1.165, 1.54) is 48.5 Å². The molecule has 0 spiro atoms. The van der Waals surface area contributed by atoms with E-state index in [2.05, 4.69) is 10.2 Å². The van der Waals surface area contributed by atoms with Crippen LogP contribution in [-0.4, -0.2) is 26.7 Å². The number of rotatable bonds is 6. The minimum absolute atomic E-state index is 0.0445. The SMILES string of the molecule is O=C(CSc1nnc(-c2ccc(F)cc2)o1)c1ccc([N+](=O)[O-])cc1. The van der Waals surface area contributed by atoms with E-state index in [9.17, 15) is 19.3 Å². The average Bonchev–Trinajstić information content (AvgIpc) is 3.09. The Hall–Kier alpha value is -3.07. The lowest BCUT2D eigenvalue weighted by atomic mass is 10.1. The fourth-order valence-electron chi connectivity index (χ4n) is 1.96. The highest BCUT2D eigenvalue weighted by molar-refractivity contribution is 7.99. The monoisotopic (exact) mass is 359 g/mol. The van der Waals surface area contributed by atoms with Crippen molar-refractivity contribution in [2.75, 3.05) is 5.75 Å². The van der Waals surface area contributed by atoms with Gasteiger partial charge in [0.25, 0.3) is 10.9 Å². The van der Waals surface area contributed by atoms with Crippen molar-refractivity contribution in [3.8, 4) is 11.5 Å². The molecule has 3 rings (SSSR count). The second kappa shape index (κ2) is 7.22. The molecule has 0 bridgehead atoms. The third kappa shape index (κ3) is 4.07. The molecule has 0 saturated heterocycles. The van der Waals surface area contributed by atoms with E-state index in [1.54, 1.807) is 0 Å². The molecule has 0 radical (unpaired) electrons. The Morgan fingerprint density at radius 3 is 2.44 bits per heavy atom. The van der Waals surface area contributed by atoms with E-state index in [0.29, 0.717) is 11.1 Å². The number of thioether (sulfide) groups is 1. The predicted molar refractivity (Wildman–Crippen MR) is 87.8 cm³/mol. The minimum atomic E-state index is -0.529. The van der Waals surface area contributed by atoms with Crippen LogP contribution in [0, 0.1) is 15.9 Å². The van der Waals surface area contributed by atoms with Crippen molar-refractivity contribution in [3.05, 3.63) is 70.0 Å². The summed E-state index contributed by atoms with van der Waals surface area (Å²) in [5.74, 6) is -0.318. The molecule has 0 aliphatic carbocycles. The maximum Gasteiger partial charge on any atom is 0.277 e. The molecule has 3 aromatic rings. The molecule has 0 saturated carbocycles. The quantitative estimate of drug-likeness (QED) is 0.286. The molecule has 0 aliphatic rings. The molecule has 7 nitrogen and oxygen atoms in total. The summed E-state index contributed by atoms with van der Waals surface area (Å²) >= 11 is 1.05. The Morgan fingerprint density at radius 1 is 1.12 bits per heavy atom. The number of carbonyl (C=O) groups is 1. The van der Waals surface area contributed by atoms with Crippen molar-refractivity contribution in [2.45, 2.75) is 5.22 Å². The molecule has 0 atom stereocenters. The Morgan fingerprint density at radius 2 is 1.80 bits per heavy atom. The summed E-state index contributed by atoms with van der Waals surface area (Å²) in [6.45, 7) is 0. The molecule has 2 aromatic carbocycles. The first-order valence-electron chi connectivity index (χ1n) is 7.03. The predicted octanol–water partition coefficient (Wildman–Crippen LogP) is 3.76. The van der Waals surface area contributed by atoms with Crippen LogP contribution in [0.4, 0.5) is 10.1 Å². The average molecular weight is 359 g/mol. The highest BCUT2D eigenvalue weighted by Gasteiger charge is 2.13. The summed E-state index contributed by atoms with van der Waals surface area (Å²) in [7, 11) is 0. The highest BCUT2D eigenvalue weighted by atomic mass is 32.2. The number of aromatic nitrogens is 2. The number of hydrogen-bond donors (Lipinski definition) is 0. The fourth-order valence-corrected chi connectivity index (χ4v) is 2.61. The summed E-state index contributed by atoms with van der Waals surface area (Å²) in [5, 5.41) is 18.5. The number of nitro benzene ring substituents is 1. The molecule has 1 aromatic heterocycles. The fraction of sp³-hybridized carbons (Fsp3) is 0.0625. The van der Waals surface area contributed by atoms with Gasteiger partial charge in [-0.25, -0.2) is 4.39 Å². The van der Waals surface area contributed by atoms with E-state index in [1.807, 2.05) is 0 Å². The van der Waals surface area contributed by atoms with E-state index < -0.39 is 4.92 Å². The van der Waals surface area contributed by atoms with Gasteiger partial charge in [-0.1, -0.05) is 11.8 Å². The third-order valence-corrected chi connectivity index (χ3v) is 4.04. The maximum atomic E-state index is 12.9. The van der Waals surface area contributed by atoms with Gasteiger partial charge in [-0.05, 0) is 36.4 Å². The van der Waals surface area contributed by atoms with Gasteiger partial charge < -0.3 is 4.42 Å². The Bertz CT molecular complexity index is 910. The molecule has 0 aliphatic heterocycles. The zero-order valence-corrected chi connectivity index (χ0v) is 13.4. The molecule has 0 amide bonds. The number of Topliss-reactive ketones (excluding diaryl/α,β-unsaturated/α-hetero) is 1. The van der Waals surface area contributed by atoms with Crippen LogP contribution in [0.5, 0.6) is 0 Å². The van der Waals surface area contributed by atoms with Gasteiger partial charge in [0.1, 0.15) is 5.82 Å². The van der Waals surface area contributed by atoms with E-state index in [0.717, 1.165) is 11.8 Å². The normalized spacial score (nSPS) is 10.6. The van der Waals surface area contributed by atoms with Crippen molar-refractivity contribution >= 4 is 23.2 Å². The van der Waals surface area contributed by atoms with Crippen LogP contribution in [0.3, 0.4) is 0 Å². The Labute approximate surface area is 145 Å². The van der Waals surface area contributed by atoms with Crippen LogP contribution in [0.2, 0.25) is 0 Å². The van der Waals surface area contributed by atoms with Gasteiger partial charge in [-0.2, -0.15) is 0 Å². The zero-order valence-electron chi connectivity index (χ0n) is 12.6. The van der Waals surface area contributed by atoms with E-state index in [4.69, 9.17) is 4.42 Å². The van der Waals surface area contributed by atoms with Crippen molar-refractivity contribution in [1.29, 1.82) is 0 Å². The maximum absolute atomic E-state index is 12.9. The van der Waals surface area contributed by atoms with Crippen LogP contribution in [0.1, 0.15) is 10.4 Å². The van der Waals surface area contributed by atoms with E-state index in [-0.39, 0.29) is 34.2 Å². The molecular weight excluding hydrogens is 349 g/mol. The van der Waals surface area contributed by atoms with Crippen LogP contribution in [-0.2, 0) is 0 Å². The van der Waals surface area contributed by atoms with E-state index >= 15 is 0 Å². The second-order valence-corrected chi connectivity index (χ2v) is 5.82. The molecule has 0 N–H and O–H groups in total. The van der Waals surface area contributed by atoms with Crippen molar-refractivity contribution in [1.82, 2.24) is 10.2 Å². The van der Waals surface area contributed by atoms with Gasteiger partial charge in [0.2, 0.25) is 5.89 Å². The lowest BCUT2D eigenvalue weighted by Gasteiger charge is -1.98. The Balaban J connectivity index is 1.62. The molecule has 0 unspecified atom stereocenters. The first-order valence-corrected chi connectivity index (χ1v) is 8.01. The summed E-state index contributed by atoms with van der Waals surface area (Å²) in [4.78, 5) is 22.2. The summed E-state index contributed by atoms with van der Waals surface area (Å²) in [6.07, 6.45) is 0. The molecule has 126 valence electrons. The van der Waals surface area contributed by atoms with Gasteiger partial charge in [0.05, 0.1) is 10.7 Å². The number of ketones is 1. The van der Waals surface area contributed by atoms with Crippen LogP contribution in [0.15, 0.2) is 58.2 Å². The lowest BCUT2D eigenvalue weighted by Crippen LogP contribution is -2.02. The number of non-ortho nitro benzene ring substituents is 1. The number of hydrogen-bond acceptors (Lipinski definition) is 7. The number of benzene rings is 2. The van der Waals surface area contributed by atoms with Crippen molar-refractivity contribution < 1.29 is 18.5 Å². The molecule has 1 heterocycles. The third-order valence-electron chi connectivity index (χ3n) is 3.22. The zero-order chi connectivity index (χ0) is 17.8. The standard InChI is InChI=1S/C16H10FN3O4S/c17-12-5-1-11(2-6-12)15-18-19-16(24-15)25-9-14(21)10-3-7-13(8-4-10)20(22)23/h1-8H,9H2. The number of nitro groups is 1. The smallest absolute Gasteiger partial charge is 0.277 e. The number of nitrogens with zero attached hydrogens (tertiary/aromatic N) is 3. The molecule has 25 heavy (non-hydrogen) atoms. The summed E-state index contributed by atoms with van der Waals surface area (Å²) in [6, 6.07) is 10.9. The summed E-state index contributed by atoms with van der Waals surface area (Å²) < 4.78 is 18.3. The van der Waals surface area contributed by atoms with Crippen LogP contribution < -0.4 is 0 Å². The van der Waals surface area contributed by atoms with Gasteiger partial charge in [-0.3, -0.25) is 14.9 Å². The highest BCUT2D eigenvalue weighted by Crippen LogP contribution is 2.24. The first-order chi connectivity index (χ1) is 12.0. The van der Waals surface area contributed by atoms with Crippen molar-refractivity contribution in [2.24, 2.45) is 0 Å². The van der Waals surface area contributed by atoms with Crippen LogP contribution in [0.25, 0.3) is 11.5 Å². The minimum Gasteiger partial charge on any atom is -0.411 e. The number of halogens is 1. The first kappa shape index (κ1) is 16.8. The summed E-state index contributed by atoms with van der Waals surface area (Å²) in [5.41, 5.74) is 0.851.